The van der Waals surface area contributed by atoms with Gasteiger partial charge in [-0.15, -0.1) is 0 Å². The Morgan fingerprint density at radius 3 is 2.66 bits per heavy atom. The zero-order valence-electron chi connectivity index (χ0n) is 16.3. The number of aromatic nitrogens is 4. The summed E-state index contributed by atoms with van der Waals surface area (Å²) in [4.78, 5) is 12.2. The van der Waals surface area contributed by atoms with Crippen LogP contribution in [0.2, 0.25) is 0 Å². The molecule has 0 bridgehead atoms. The van der Waals surface area contributed by atoms with Crippen molar-refractivity contribution in [1.82, 2.24) is 20.2 Å². The summed E-state index contributed by atoms with van der Waals surface area (Å²) in [6.07, 6.45) is 0. The van der Waals surface area contributed by atoms with Crippen molar-refractivity contribution in [2.75, 3.05) is 24.4 Å². The maximum absolute atomic E-state index is 12.2. The van der Waals surface area contributed by atoms with Gasteiger partial charge in [-0.1, -0.05) is 22.8 Å². The Morgan fingerprint density at radius 2 is 2.00 bits per heavy atom. The fraction of sp³-hybridized carbons (Fsp3) is 0.263. The zero-order chi connectivity index (χ0) is 20.8. The number of tetrazole rings is 1. The normalized spacial score (nSPS) is 10.5. The van der Waals surface area contributed by atoms with Crippen LogP contribution in [0.1, 0.15) is 11.1 Å². The van der Waals surface area contributed by atoms with Gasteiger partial charge in [-0.3, -0.25) is 4.79 Å². The van der Waals surface area contributed by atoms with Crippen LogP contribution in [0.25, 0.3) is 0 Å². The van der Waals surface area contributed by atoms with E-state index in [0.717, 1.165) is 16.8 Å². The van der Waals surface area contributed by atoms with Gasteiger partial charge in [0, 0.05) is 19.3 Å². The van der Waals surface area contributed by atoms with Gasteiger partial charge >= 0.3 is 0 Å². The number of benzene rings is 2. The third-order valence-electron chi connectivity index (χ3n) is 4.04. The summed E-state index contributed by atoms with van der Waals surface area (Å²) in [5.41, 5.74) is 2.76. The minimum atomic E-state index is -0.261. The minimum Gasteiger partial charge on any atom is -0.493 e. The van der Waals surface area contributed by atoms with Gasteiger partial charge in [0.1, 0.15) is 0 Å². The third kappa shape index (κ3) is 5.44. The van der Waals surface area contributed by atoms with Crippen LogP contribution >= 0.6 is 15.9 Å². The maximum atomic E-state index is 12.2. The van der Waals surface area contributed by atoms with Crippen LogP contribution in [0.15, 0.2) is 40.9 Å². The van der Waals surface area contributed by atoms with E-state index in [1.165, 1.54) is 4.68 Å². The summed E-state index contributed by atoms with van der Waals surface area (Å²) < 4.78 is 13.3. The van der Waals surface area contributed by atoms with Crippen LogP contribution in [-0.2, 0) is 18.4 Å². The monoisotopic (exact) mass is 460 g/mol. The molecule has 1 heterocycles. The average molecular weight is 461 g/mol. The molecule has 1 amide bonds. The van der Waals surface area contributed by atoms with Crippen molar-refractivity contribution in [3.63, 3.8) is 0 Å². The van der Waals surface area contributed by atoms with Gasteiger partial charge in [0.2, 0.25) is 5.95 Å². The molecule has 0 spiro atoms. The van der Waals surface area contributed by atoms with Crippen molar-refractivity contribution in [1.29, 1.82) is 0 Å². The second kappa shape index (κ2) is 9.37. The van der Waals surface area contributed by atoms with E-state index in [0.29, 0.717) is 28.5 Å². The molecular weight excluding hydrogens is 440 g/mol. The predicted octanol–water partition coefficient (Wildman–Crippen LogP) is 2.92. The number of nitrogens with one attached hydrogen (secondary N) is 2. The molecule has 2 aromatic carbocycles. The molecule has 3 aromatic rings. The molecule has 1 aromatic heterocycles. The Kier molecular flexibility index (Phi) is 6.65. The van der Waals surface area contributed by atoms with Gasteiger partial charge in [-0.05, 0) is 63.1 Å². The average Bonchev–Trinajstić information content (AvgIpc) is 3.11. The maximum Gasteiger partial charge on any atom is 0.262 e. The van der Waals surface area contributed by atoms with E-state index in [1.54, 1.807) is 14.2 Å². The quantitative estimate of drug-likeness (QED) is 0.532. The largest absolute Gasteiger partial charge is 0.493 e. The number of nitrogens with zero attached hydrogens (tertiary/aromatic N) is 4. The molecule has 3 rings (SSSR count). The molecule has 0 saturated carbocycles. The van der Waals surface area contributed by atoms with Crippen molar-refractivity contribution >= 4 is 33.5 Å². The number of methoxy groups -OCH3 is 1. The molecule has 0 saturated heterocycles. The molecular formula is C19H21BrN6O3. The van der Waals surface area contributed by atoms with E-state index in [1.807, 2.05) is 43.3 Å². The summed E-state index contributed by atoms with van der Waals surface area (Å²) in [5.74, 6) is 1.25. The summed E-state index contributed by atoms with van der Waals surface area (Å²) in [6.45, 7) is 2.32. The first-order chi connectivity index (χ1) is 14.0. The van der Waals surface area contributed by atoms with E-state index < -0.39 is 0 Å². The second-order valence-electron chi connectivity index (χ2n) is 6.29. The van der Waals surface area contributed by atoms with Gasteiger partial charge in [0.15, 0.2) is 18.1 Å². The summed E-state index contributed by atoms with van der Waals surface area (Å²) in [7, 11) is 3.29. The molecule has 0 aliphatic carbocycles. The minimum absolute atomic E-state index is 0.148. The molecule has 9 nitrogen and oxygen atoms in total. The van der Waals surface area contributed by atoms with E-state index in [4.69, 9.17) is 9.47 Å². The van der Waals surface area contributed by atoms with E-state index >= 15 is 0 Å². The van der Waals surface area contributed by atoms with Crippen molar-refractivity contribution in [2.45, 2.75) is 13.5 Å². The highest BCUT2D eigenvalue weighted by molar-refractivity contribution is 9.10. The Balaban J connectivity index is 1.63. The molecule has 0 fully saturated rings. The van der Waals surface area contributed by atoms with Gasteiger partial charge < -0.3 is 20.1 Å². The number of hydrogen-bond donors (Lipinski definition) is 2. The predicted molar refractivity (Wildman–Crippen MR) is 112 cm³/mol. The molecule has 152 valence electrons. The number of rotatable bonds is 8. The lowest BCUT2D eigenvalue weighted by Gasteiger charge is -2.15. The van der Waals surface area contributed by atoms with Crippen LogP contribution in [0.3, 0.4) is 0 Å². The molecule has 0 atom stereocenters. The molecule has 0 aliphatic rings. The lowest BCUT2D eigenvalue weighted by Crippen LogP contribution is -2.20. The standard InChI is InChI=1S/C19H21BrN6O3/c1-12-4-6-14(7-5-12)22-17(27)11-29-18-15(20)8-13(9-16(18)28-3)10-21-19-23-24-25-26(19)2/h4-9H,10-11H2,1-3H3,(H,22,27)(H,21,23,25). The fourth-order valence-corrected chi connectivity index (χ4v) is 3.15. The number of anilines is 2. The lowest BCUT2D eigenvalue weighted by molar-refractivity contribution is -0.118. The molecule has 10 heteroatoms. The Morgan fingerprint density at radius 1 is 1.24 bits per heavy atom. The number of amides is 1. The molecule has 0 aliphatic heterocycles. The highest BCUT2D eigenvalue weighted by Gasteiger charge is 2.14. The first-order valence-corrected chi connectivity index (χ1v) is 9.57. The van der Waals surface area contributed by atoms with Gasteiger partial charge in [0.25, 0.3) is 5.91 Å². The van der Waals surface area contributed by atoms with Crippen LogP contribution in [-0.4, -0.2) is 39.8 Å². The van der Waals surface area contributed by atoms with Crippen LogP contribution in [0.4, 0.5) is 11.6 Å². The number of ether oxygens (including phenoxy) is 2. The Bertz CT molecular complexity index is 990. The van der Waals surface area contributed by atoms with Gasteiger partial charge in [0.05, 0.1) is 11.6 Å². The lowest BCUT2D eigenvalue weighted by atomic mass is 10.2. The van der Waals surface area contributed by atoms with Crippen LogP contribution in [0, 0.1) is 6.92 Å². The van der Waals surface area contributed by atoms with E-state index in [9.17, 15) is 4.79 Å². The van der Waals surface area contributed by atoms with Crippen molar-refractivity contribution in [2.24, 2.45) is 7.05 Å². The molecule has 29 heavy (non-hydrogen) atoms. The molecule has 0 unspecified atom stereocenters. The van der Waals surface area contributed by atoms with E-state index in [-0.39, 0.29) is 12.5 Å². The number of aryl methyl sites for hydroxylation is 2. The highest BCUT2D eigenvalue weighted by atomic mass is 79.9. The number of carbonyl (C=O) groups excluding carboxylic acids is 1. The van der Waals surface area contributed by atoms with Crippen LogP contribution in [0.5, 0.6) is 11.5 Å². The van der Waals surface area contributed by atoms with Crippen molar-refractivity contribution < 1.29 is 14.3 Å². The Hall–Kier alpha value is -3.14. The van der Waals surface area contributed by atoms with Gasteiger partial charge in [-0.2, -0.15) is 0 Å². The van der Waals surface area contributed by atoms with Crippen LogP contribution < -0.4 is 20.1 Å². The SMILES string of the molecule is COc1cc(CNc2nnnn2C)cc(Br)c1OCC(=O)Nc1ccc(C)cc1. The fourth-order valence-electron chi connectivity index (χ4n) is 2.55. The van der Waals surface area contributed by atoms with E-state index in [2.05, 4.69) is 42.1 Å². The first-order valence-electron chi connectivity index (χ1n) is 8.78. The Labute approximate surface area is 176 Å². The molecule has 2 N–H and O–H groups in total. The van der Waals surface area contributed by atoms with Gasteiger partial charge in [-0.25, -0.2) is 4.68 Å². The number of halogens is 1. The highest BCUT2D eigenvalue weighted by Crippen LogP contribution is 2.36. The number of carbonyl (C=O) groups is 1. The summed E-state index contributed by atoms with van der Waals surface area (Å²) in [6, 6.07) is 11.3. The second-order valence-corrected chi connectivity index (χ2v) is 7.15. The smallest absolute Gasteiger partial charge is 0.262 e. The molecule has 0 radical (unpaired) electrons. The topological polar surface area (TPSA) is 103 Å². The van der Waals surface area contributed by atoms with Crippen molar-refractivity contribution in [3.05, 3.63) is 52.0 Å². The zero-order valence-corrected chi connectivity index (χ0v) is 17.9. The third-order valence-corrected chi connectivity index (χ3v) is 4.63. The summed E-state index contributed by atoms with van der Waals surface area (Å²) in [5, 5.41) is 17.2. The number of hydrogen-bond acceptors (Lipinski definition) is 7. The van der Waals surface area contributed by atoms with Crippen molar-refractivity contribution in [3.8, 4) is 11.5 Å². The summed E-state index contributed by atoms with van der Waals surface area (Å²) >= 11 is 3.49. The first kappa shape index (κ1) is 20.6.